The van der Waals surface area contributed by atoms with Crippen LogP contribution in [0.15, 0.2) is 48.5 Å². The Bertz CT molecular complexity index is 519. The lowest BCUT2D eigenvalue weighted by molar-refractivity contribution is 0.565. The maximum absolute atomic E-state index is 6.02. The van der Waals surface area contributed by atoms with Crippen molar-refractivity contribution in [3.63, 3.8) is 0 Å². The summed E-state index contributed by atoms with van der Waals surface area (Å²) in [4.78, 5) is 0. The number of benzene rings is 2. The fourth-order valence-electron chi connectivity index (χ4n) is 2.28. The molecule has 0 fully saturated rings. The van der Waals surface area contributed by atoms with Gasteiger partial charge in [0.1, 0.15) is 0 Å². The van der Waals surface area contributed by atoms with Crippen molar-refractivity contribution in [1.29, 1.82) is 0 Å². The third-order valence-corrected chi connectivity index (χ3v) is 3.44. The van der Waals surface area contributed by atoms with Crippen molar-refractivity contribution in [3.05, 3.63) is 59.1 Å². The van der Waals surface area contributed by atoms with Crippen LogP contribution in [0.25, 0.3) is 11.1 Å². The van der Waals surface area contributed by atoms with Crippen LogP contribution in [0.3, 0.4) is 0 Å². The first kappa shape index (κ1) is 14.1. The Kier molecular flexibility index (Phi) is 5.00. The molecule has 100 valence electrons. The van der Waals surface area contributed by atoms with Gasteiger partial charge in [0.2, 0.25) is 0 Å². The molecule has 0 spiro atoms. The van der Waals surface area contributed by atoms with Crippen LogP contribution >= 0.6 is 11.6 Å². The third kappa shape index (κ3) is 4.09. The van der Waals surface area contributed by atoms with Gasteiger partial charge in [-0.3, -0.25) is 0 Å². The molecule has 0 amide bonds. The van der Waals surface area contributed by atoms with Gasteiger partial charge in [-0.1, -0.05) is 54.9 Å². The highest BCUT2D eigenvalue weighted by atomic mass is 35.5. The maximum Gasteiger partial charge on any atom is 0.0412 e. The number of hydrogen-bond donors (Lipinski definition) is 1. The van der Waals surface area contributed by atoms with Crippen LogP contribution in [0.5, 0.6) is 0 Å². The average Bonchev–Trinajstić information content (AvgIpc) is 2.40. The van der Waals surface area contributed by atoms with E-state index in [0.717, 1.165) is 18.0 Å². The quantitative estimate of drug-likeness (QED) is 0.843. The van der Waals surface area contributed by atoms with E-state index in [0.29, 0.717) is 6.04 Å². The van der Waals surface area contributed by atoms with Crippen LogP contribution in [0.4, 0.5) is 0 Å². The minimum atomic E-state index is 0.516. The highest BCUT2D eigenvalue weighted by molar-refractivity contribution is 6.30. The van der Waals surface area contributed by atoms with Gasteiger partial charge in [-0.2, -0.15) is 0 Å². The zero-order valence-electron chi connectivity index (χ0n) is 11.5. The van der Waals surface area contributed by atoms with Gasteiger partial charge in [0.05, 0.1) is 0 Å². The largest absolute Gasteiger partial charge is 0.314 e. The van der Waals surface area contributed by atoms with Crippen molar-refractivity contribution < 1.29 is 0 Å². The van der Waals surface area contributed by atoms with Crippen LogP contribution in [-0.2, 0) is 6.42 Å². The summed E-state index contributed by atoms with van der Waals surface area (Å²) in [7, 11) is 0. The summed E-state index contributed by atoms with van der Waals surface area (Å²) in [6.07, 6.45) is 1.06. The SMILES string of the molecule is CCNC(C)Cc1ccc(-c2cccc(Cl)c2)cc1. The monoisotopic (exact) mass is 273 g/mol. The number of likely N-dealkylation sites (N-methyl/N-ethyl adjacent to an activating group) is 1. The molecule has 1 atom stereocenters. The minimum absolute atomic E-state index is 0.516. The second kappa shape index (κ2) is 6.74. The lowest BCUT2D eigenvalue weighted by Crippen LogP contribution is -2.27. The second-order valence-corrected chi connectivity index (χ2v) is 5.31. The van der Waals surface area contributed by atoms with E-state index < -0.39 is 0 Å². The lowest BCUT2D eigenvalue weighted by atomic mass is 10.0. The summed E-state index contributed by atoms with van der Waals surface area (Å²) in [5.74, 6) is 0. The van der Waals surface area contributed by atoms with E-state index >= 15 is 0 Å². The molecule has 2 aromatic carbocycles. The van der Waals surface area contributed by atoms with E-state index in [2.05, 4.69) is 49.5 Å². The average molecular weight is 274 g/mol. The fourth-order valence-corrected chi connectivity index (χ4v) is 2.47. The molecule has 0 aliphatic rings. The first-order valence-electron chi connectivity index (χ1n) is 6.77. The Morgan fingerprint density at radius 3 is 2.42 bits per heavy atom. The van der Waals surface area contributed by atoms with Crippen molar-refractivity contribution in [2.75, 3.05) is 6.54 Å². The molecular weight excluding hydrogens is 254 g/mol. The summed E-state index contributed by atoms with van der Waals surface area (Å²) in [5.41, 5.74) is 3.74. The van der Waals surface area contributed by atoms with Gasteiger partial charge in [0.15, 0.2) is 0 Å². The first-order chi connectivity index (χ1) is 9.19. The van der Waals surface area contributed by atoms with Gasteiger partial charge in [-0.05, 0) is 48.7 Å². The Morgan fingerprint density at radius 2 is 1.79 bits per heavy atom. The molecule has 2 heteroatoms. The van der Waals surface area contributed by atoms with E-state index in [4.69, 9.17) is 11.6 Å². The van der Waals surface area contributed by atoms with E-state index in [9.17, 15) is 0 Å². The molecule has 0 radical (unpaired) electrons. The molecule has 1 unspecified atom stereocenters. The maximum atomic E-state index is 6.02. The molecule has 1 N–H and O–H groups in total. The Hall–Kier alpha value is -1.31. The van der Waals surface area contributed by atoms with Crippen LogP contribution in [0, 0.1) is 0 Å². The Morgan fingerprint density at radius 1 is 1.05 bits per heavy atom. The fraction of sp³-hybridized carbons (Fsp3) is 0.294. The topological polar surface area (TPSA) is 12.0 Å². The second-order valence-electron chi connectivity index (χ2n) is 4.87. The molecule has 0 heterocycles. The molecular formula is C17H20ClN. The molecule has 2 aromatic rings. The van der Waals surface area contributed by atoms with Crippen LogP contribution in [-0.4, -0.2) is 12.6 Å². The van der Waals surface area contributed by atoms with Crippen molar-refractivity contribution in [1.82, 2.24) is 5.32 Å². The normalized spacial score (nSPS) is 12.4. The molecule has 1 nitrogen and oxygen atoms in total. The number of hydrogen-bond acceptors (Lipinski definition) is 1. The van der Waals surface area contributed by atoms with Gasteiger partial charge < -0.3 is 5.32 Å². The van der Waals surface area contributed by atoms with Crippen LogP contribution < -0.4 is 5.32 Å². The standard InChI is InChI=1S/C17H20ClN/c1-3-19-13(2)11-14-7-9-15(10-8-14)16-5-4-6-17(18)12-16/h4-10,12-13,19H,3,11H2,1-2H3. The molecule has 0 saturated carbocycles. The molecule has 19 heavy (non-hydrogen) atoms. The Balaban J connectivity index is 2.10. The molecule has 2 rings (SSSR count). The predicted octanol–water partition coefficient (Wildman–Crippen LogP) is 4.55. The van der Waals surface area contributed by atoms with Crippen LogP contribution in [0.1, 0.15) is 19.4 Å². The molecule has 0 aliphatic carbocycles. The summed E-state index contributed by atoms with van der Waals surface area (Å²) >= 11 is 6.02. The van der Waals surface area contributed by atoms with Crippen molar-refractivity contribution in [2.45, 2.75) is 26.3 Å². The summed E-state index contributed by atoms with van der Waals surface area (Å²) < 4.78 is 0. The summed E-state index contributed by atoms with van der Waals surface area (Å²) in [5, 5.41) is 4.21. The molecule has 0 aromatic heterocycles. The summed E-state index contributed by atoms with van der Waals surface area (Å²) in [6.45, 7) is 5.37. The van der Waals surface area contributed by atoms with Crippen molar-refractivity contribution in [3.8, 4) is 11.1 Å². The third-order valence-electron chi connectivity index (χ3n) is 3.21. The minimum Gasteiger partial charge on any atom is -0.314 e. The van der Waals surface area contributed by atoms with E-state index in [1.54, 1.807) is 0 Å². The van der Waals surface area contributed by atoms with Gasteiger partial charge in [0, 0.05) is 11.1 Å². The zero-order chi connectivity index (χ0) is 13.7. The smallest absolute Gasteiger partial charge is 0.0412 e. The van der Waals surface area contributed by atoms with Gasteiger partial charge in [0.25, 0.3) is 0 Å². The molecule has 0 bridgehead atoms. The van der Waals surface area contributed by atoms with Gasteiger partial charge in [-0.25, -0.2) is 0 Å². The Labute approximate surface area is 120 Å². The molecule has 0 aliphatic heterocycles. The number of nitrogens with one attached hydrogen (secondary N) is 1. The van der Waals surface area contributed by atoms with E-state index in [1.165, 1.54) is 16.7 Å². The zero-order valence-corrected chi connectivity index (χ0v) is 12.2. The highest BCUT2D eigenvalue weighted by Crippen LogP contribution is 2.23. The molecule has 0 saturated heterocycles. The highest BCUT2D eigenvalue weighted by Gasteiger charge is 2.03. The van der Waals surface area contributed by atoms with Crippen LogP contribution in [0.2, 0.25) is 5.02 Å². The number of rotatable bonds is 5. The van der Waals surface area contributed by atoms with Gasteiger partial charge >= 0.3 is 0 Å². The van der Waals surface area contributed by atoms with Crippen molar-refractivity contribution >= 4 is 11.6 Å². The lowest BCUT2D eigenvalue weighted by Gasteiger charge is -2.12. The van der Waals surface area contributed by atoms with E-state index in [-0.39, 0.29) is 0 Å². The van der Waals surface area contributed by atoms with Gasteiger partial charge in [-0.15, -0.1) is 0 Å². The number of halogens is 1. The van der Waals surface area contributed by atoms with E-state index in [1.807, 2.05) is 18.2 Å². The van der Waals surface area contributed by atoms with Crippen molar-refractivity contribution in [2.24, 2.45) is 0 Å². The summed E-state index contributed by atoms with van der Waals surface area (Å²) in [6, 6.07) is 17.2. The predicted molar refractivity (Wildman–Crippen MR) is 83.7 cm³/mol. The first-order valence-corrected chi connectivity index (χ1v) is 7.15.